The molecule has 0 bridgehead atoms. The smallest absolute Gasteiger partial charge is 0.246 e. The number of carbonyl (C=O) groups is 2. The van der Waals surface area contributed by atoms with Crippen LogP contribution in [0.1, 0.15) is 10.6 Å². The van der Waals surface area contributed by atoms with Crippen LogP contribution in [0.5, 0.6) is 0 Å². The topological polar surface area (TPSA) is 65.5 Å². The summed E-state index contributed by atoms with van der Waals surface area (Å²) in [4.78, 5) is 34.6. The fourth-order valence-electron chi connectivity index (χ4n) is 4.31. The number of piperazine rings is 2. The van der Waals surface area contributed by atoms with Crippen LogP contribution in [0.25, 0.3) is 11.3 Å². The van der Waals surface area contributed by atoms with E-state index in [0.29, 0.717) is 26.1 Å². The predicted octanol–water partition coefficient (Wildman–Crippen LogP) is 2.56. The maximum Gasteiger partial charge on any atom is 0.246 e. The summed E-state index contributed by atoms with van der Waals surface area (Å²) in [7, 11) is 0. The average molecular weight is 433 g/mol. The van der Waals surface area contributed by atoms with Gasteiger partial charge >= 0.3 is 0 Å². The lowest BCUT2D eigenvalue weighted by Crippen LogP contribution is -2.69. The number of rotatable bonds is 5. The van der Waals surface area contributed by atoms with Gasteiger partial charge in [0.25, 0.3) is 0 Å². The van der Waals surface area contributed by atoms with Crippen molar-refractivity contribution in [1.82, 2.24) is 20.1 Å². The highest BCUT2D eigenvalue weighted by Crippen LogP contribution is 2.24. The van der Waals surface area contributed by atoms with Gasteiger partial charge in [-0.3, -0.25) is 14.5 Å². The van der Waals surface area contributed by atoms with Gasteiger partial charge in [-0.1, -0.05) is 60.7 Å². The Morgan fingerprint density at radius 3 is 2.52 bits per heavy atom. The second-order valence-electron chi connectivity index (χ2n) is 8.03. The standard InChI is InChI=1S/C24H24N4O2S/c29-23-21-14-27(15-22-25-20(16-31-22)18-9-5-2-6-10-18)11-12-28(21)24(30)19(26-23)13-17-7-3-1-4-8-17/h1-10,16,19,21H,11-15H2,(H,26,29)/t19-,21-/m1/s1. The van der Waals surface area contributed by atoms with E-state index in [1.807, 2.05) is 48.5 Å². The molecule has 2 saturated heterocycles. The van der Waals surface area contributed by atoms with Crippen LogP contribution in [0.4, 0.5) is 0 Å². The summed E-state index contributed by atoms with van der Waals surface area (Å²) < 4.78 is 0. The first-order valence-corrected chi connectivity index (χ1v) is 11.4. The van der Waals surface area contributed by atoms with E-state index in [4.69, 9.17) is 4.98 Å². The predicted molar refractivity (Wildman–Crippen MR) is 120 cm³/mol. The first kappa shape index (κ1) is 19.9. The minimum absolute atomic E-state index is 0.0220. The maximum absolute atomic E-state index is 13.0. The molecule has 1 aromatic heterocycles. The number of amides is 2. The van der Waals surface area contributed by atoms with E-state index in [-0.39, 0.29) is 11.8 Å². The van der Waals surface area contributed by atoms with E-state index in [1.165, 1.54) is 0 Å². The third kappa shape index (κ3) is 4.24. The molecule has 0 aliphatic carbocycles. The van der Waals surface area contributed by atoms with Crippen molar-refractivity contribution in [1.29, 1.82) is 0 Å². The first-order valence-electron chi connectivity index (χ1n) is 10.5. The lowest BCUT2D eigenvalue weighted by atomic mass is 9.98. The highest BCUT2D eigenvalue weighted by molar-refractivity contribution is 7.09. The van der Waals surface area contributed by atoms with Gasteiger partial charge in [0.1, 0.15) is 17.1 Å². The summed E-state index contributed by atoms with van der Waals surface area (Å²) in [6, 6.07) is 19.1. The number of thiazole rings is 1. The molecule has 2 aliphatic heterocycles. The number of nitrogens with one attached hydrogen (secondary N) is 1. The maximum atomic E-state index is 13.0. The monoisotopic (exact) mass is 432 g/mol. The van der Waals surface area contributed by atoms with Crippen LogP contribution in [0.2, 0.25) is 0 Å². The second kappa shape index (κ2) is 8.61. The molecule has 2 aromatic carbocycles. The van der Waals surface area contributed by atoms with Crippen LogP contribution in [0, 0.1) is 0 Å². The molecule has 2 amide bonds. The van der Waals surface area contributed by atoms with Gasteiger partial charge in [-0.05, 0) is 5.56 Å². The molecule has 2 atom stereocenters. The Kier molecular flexibility index (Phi) is 5.53. The lowest BCUT2D eigenvalue weighted by Gasteiger charge is -2.45. The van der Waals surface area contributed by atoms with Crippen LogP contribution >= 0.6 is 11.3 Å². The molecule has 0 unspecified atom stereocenters. The summed E-state index contributed by atoms with van der Waals surface area (Å²) in [5.74, 6) is -0.0388. The molecule has 2 fully saturated rings. The van der Waals surface area contributed by atoms with Crippen molar-refractivity contribution in [2.45, 2.75) is 25.0 Å². The first-order chi connectivity index (χ1) is 15.2. The Hall–Kier alpha value is -3.03. The molecule has 0 radical (unpaired) electrons. The van der Waals surface area contributed by atoms with Crippen LogP contribution in [0.3, 0.4) is 0 Å². The van der Waals surface area contributed by atoms with Crippen molar-refractivity contribution in [3.63, 3.8) is 0 Å². The third-order valence-corrected chi connectivity index (χ3v) is 6.76. The molecule has 1 N–H and O–H groups in total. The molecule has 3 heterocycles. The zero-order valence-electron chi connectivity index (χ0n) is 17.1. The number of hydrogen-bond donors (Lipinski definition) is 1. The molecule has 158 valence electrons. The molecule has 6 nitrogen and oxygen atoms in total. The van der Waals surface area contributed by atoms with Crippen molar-refractivity contribution in [2.75, 3.05) is 19.6 Å². The number of fused-ring (bicyclic) bond motifs is 1. The molecule has 31 heavy (non-hydrogen) atoms. The SMILES string of the molecule is O=C1N[C@H](Cc2ccccc2)C(=O)N2CCN(Cc3nc(-c4ccccc4)cs3)C[C@H]12. The summed E-state index contributed by atoms with van der Waals surface area (Å²) in [5, 5.41) is 6.05. The fourth-order valence-corrected chi connectivity index (χ4v) is 5.15. The molecule has 7 heteroatoms. The summed E-state index contributed by atoms with van der Waals surface area (Å²) >= 11 is 1.64. The minimum atomic E-state index is -0.481. The molecular weight excluding hydrogens is 408 g/mol. The van der Waals surface area contributed by atoms with Gasteiger partial charge in [0.15, 0.2) is 0 Å². The van der Waals surface area contributed by atoms with Gasteiger partial charge in [0, 0.05) is 37.0 Å². The van der Waals surface area contributed by atoms with E-state index in [1.54, 1.807) is 16.2 Å². The Morgan fingerprint density at radius 2 is 1.74 bits per heavy atom. The molecule has 0 saturated carbocycles. The highest BCUT2D eigenvalue weighted by atomic mass is 32.1. The zero-order valence-corrected chi connectivity index (χ0v) is 17.9. The Bertz CT molecular complexity index is 1070. The van der Waals surface area contributed by atoms with Crippen molar-refractivity contribution >= 4 is 23.2 Å². The number of carbonyl (C=O) groups excluding carboxylic acids is 2. The highest BCUT2D eigenvalue weighted by Gasteiger charge is 2.43. The third-order valence-electron chi connectivity index (χ3n) is 5.93. The van der Waals surface area contributed by atoms with E-state index in [2.05, 4.69) is 27.7 Å². The van der Waals surface area contributed by atoms with Crippen molar-refractivity contribution in [2.24, 2.45) is 0 Å². The normalized spacial score (nSPS) is 21.6. The Morgan fingerprint density at radius 1 is 1.00 bits per heavy atom. The van der Waals surface area contributed by atoms with E-state index >= 15 is 0 Å². The van der Waals surface area contributed by atoms with Crippen molar-refractivity contribution in [3.8, 4) is 11.3 Å². The number of hydrogen-bond acceptors (Lipinski definition) is 5. The number of nitrogens with zero attached hydrogens (tertiary/aromatic N) is 3. The average Bonchev–Trinajstić information content (AvgIpc) is 3.27. The van der Waals surface area contributed by atoms with E-state index in [9.17, 15) is 9.59 Å². The van der Waals surface area contributed by atoms with Crippen molar-refractivity contribution < 1.29 is 9.59 Å². The van der Waals surface area contributed by atoms with E-state index < -0.39 is 12.1 Å². The van der Waals surface area contributed by atoms with Crippen molar-refractivity contribution in [3.05, 3.63) is 76.6 Å². The van der Waals surface area contributed by atoms with Gasteiger partial charge < -0.3 is 10.2 Å². The molecular formula is C24H24N4O2S. The molecule has 3 aromatic rings. The lowest BCUT2D eigenvalue weighted by molar-refractivity contribution is -0.153. The Balaban J connectivity index is 1.23. The van der Waals surface area contributed by atoms with Crippen LogP contribution in [-0.4, -0.2) is 58.3 Å². The van der Waals surface area contributed by atoms with Crippen LogP contribution in [0.15, 0.2) is 66.0 Å². The largest absolute Gasteiger partial charge is 0.342 e. The second-order valence-corrected chi connectivity index (χ2v) is 8.97. The zero-order chi connectivity index (χ0) is 21.2. The molecule has 5 rings (SSSR count). The molecule has 0 spiro atoms. The minimum Gasteiger partial charge on any atom is -0.342 e. The van der Waals surface area contributed by atoms with E-state index in [0.717, 1.165) is 28.4 Å². The summed E-state index contributed by atoms with van der Waals surface area (Å²) in [6.07, 6.45) is 0.528. The van der Waals surface area contributed by atoms with Gasteiger partial charge in [-0.15, -0.1) is 11.3 Å². The van der Waals surface area contributed by atoms with Crippen LogP contribution in [-0.2, 0) is 22.6 Å². The number of aromatic nitrogens is 1. The van der Waals surface area contributed by atoms with Gasteiger partial charge in [0.05, 0.1) is 12.2 Å². The van der Waals surface area contributed by atoms with Gasteiger partial charge in [-0.2, -0.15) is 0 Å². The summed E-state index contributed by atoms with van der Waals surface area (Å²) in [6.45, 7) is 2.54. The quantitative estimate of drug-likeness (QED) is 0.673. The Labute approximate surface area is 185 Å². The summed E-state index contributed by atoms with van der Waals surface area (Å²) in [5.41, 5.74) is 3.14. The fraction of sp³-hybridized carbons (Fsp3) is 0.292. The van der Waals surface area contributed by atoms with Gasteiger partial charge in [0.2, 0.25) is 11.8 Å². The number of benzene rings is 2. The van der Waals surface area contributed by atoms with Crippen LogP contribution < -0.4 is 5.32 Å². The van der Waals surface area contributed by atoms with Gasteiger partial charge in [-0.25, -0.2) is 4.98 Å². The molecule has 2 aliphatic rings.